The predicted molar refractivity (Wildman–Crippen MR) is 102 cm³/mol. The molecule has 2 aliphatic rings. The SMILES string of the molecule is CC[N+]1(C2(C(=O)Nc3c(C)cccc3C(=O)OC)CCC2)CCCCC1. The molecule has 2 fully saturated rings. The Bertz CT molecular complexity index is 688. The second kappa shape index (κ2) is 7.39. The molecule has 26 heavy (non-hydrogen) atoms. The fourth-order valence-electron chi connectivity index (χ4n) is 4.94. The summed E-state index contributed by atoms with van der Waals surface area (Å²) in [5, 5.41) is 3.14. The van der Waals surface area contributed by atoms with Crippen LogP contribution in [0, 0.1) is 6.92 Å². The summed E-state index contributed by atoms with van der Waals surface area (Å²) in [5.41, 5.74) is 1.57. The summed E-state index contributed by atoms with van der Waals surface area (Å²) in [4.78, 5) is 25.7. The summed E-state index contributed by atoms with van der Waals surface area (Å²) in [6.45, 7) is 7.29. The van der Waals surface area contributed by atoms with Gasteiger partial charge in [-0.25, -0.2) is 4.79 Å². The second-order valence-corrected chi connectivity index (χ2v) is 7.80. The molecule has 0 radical (unpaired) electrons. The average Bonchev–Trinajstić information content (AvgIpc) is 2.62. The van der Waals surface area contributed by atoms with Gasteiger partial charge in [-0.05, 0) is 51.2 Å². The van der Waals surface area contributed by atoms with Gasteiger partial charge in [-0.2, -0.15) is 0 Å². The summed E-state index contributed by atoms with van der Waals surface area (Å²) >= 11 is 0. The molecule has 1 saturated carbocycles. The molecule has 5 heteroatoms. The first kappa shape index (κ1) is 18.9. The van der Waals surface area contributed by atoms with E-state index >= 15 is 0 Å². The number of quaternary nitrogens is 1. The molecule has 1 aliphatic heterocycles. The van der Waals surface area contributed by atoms with Gasteiger partial charge in [0.15, 0.2) is 5.54 Å². The molecule has 1 saturated heterocycles. The highest BCUT2D eigenvalue weighted by Gasteiger charge is 2.59. The summed E-state index contributed by atoms with van der Waals surface area (Å²) in [6.07, 6.45) is 6.63. The van der Waals surface area contributed by atoms with Crippen LogP contribution < -0.4 is 5.32 Å². The number of aryl methyl sites for hydroxylation is 1. The van der Waals surface area contributed by atoms with Gasteiger partial charge in [0.2, 0.25) is 0 Å². The van der Waals surface area contributed by atoms with Crippen molar-refractivity contribution in [3.63, 3.8) is 0 Å². The normalized spacial score (nSPS) is 20.7. The summed E-state index contributed by atoms with van der Waals surface area (Å²) in [7, 11) is 1.37. The standard InChI is InChI=1S/C21H30N2O3/c1-4-23(14-6-5-7-15-23)21(12-9-13-21)20(25)22-18-16(2)10-8-11-17(18)19(24)26-3/h8,10-11H,4-7,9,12-15H2,1-3H3/p+1. The molecule has 0 spiro atoms. The molecule has 1 N–H and O–H groups in total. The first-order valence-corrected chi connectivity index (χ1v) is 9.85. The highest BCUT2D eigenvalue weighted by atomic mass is 16.5. The lowest BCUT2D eigenvalue weighted by molar-refractivity contribution is -0.974. The van der Waals surface area contributed by atoms with E-state index in [1.807, 2.05) is 19.1 Å². The van der Waals surface area contributed by atoms with Crippen molar-refractivity contribution in [2.24, 2.45) is 0 Å². The lowest BCUT2D eigenvalue weighted by Crippen LogP contribution is -2.73. The number of carbonyl (C=O) groups excluding carboxylic acids is 2. The molecule has 1 aromatic rings. The number of rotatable bonds is 5. The first-order chi connectivity index (χ1) is 12.5. The molecule has 1 aromatic carbocycles. The highest BCUT2D eigenvalue weighted by Crippen LogP contribution is 2.46. The number of amides is 1. The molecular formula is C21H31N2O3+. The van der Waals surface area contributed by atoms with Crippen LogP contribution in [0.15, 0.2) is 18.2 Å². The third kappa shape index (κ3) is 2.92. The summed E-state index contributed by atoms with van der Waals surface area (Å²) < 4.78 is 5.80. The molecule has 5 nitrogen and oxygen atoms in total. The van der Waals surface area contributed by atoms with E-state index in [2.05, 4.69) is 12.2 Å². The van der Waals surface area contributed by atoms with E-state index in [4.69, 9.17) is 4.74 Å². The number of esters is 1. The minimum Gasteiger partial charge on any atom is -0.465 e. The minimum atomic E-state index is -0.413. The minimum absolute atomic E-state index is 0.0759. The topological polar surface area (TPSA) is 55.4 Å². The van der Waals surface area contributed by atoms with Crippen molar-refractivity contribution < 1.29 is 18.8 Å². The second-order valence-electron chi connectivity index (χ2n) is 7.80. The van der Waals surface area contributed by atoms with Crippen LogP contribution in [0.25, 0.3) is 0 Å². The van der Waals surface area contributed by atoms with Gasteiger partial charge in [0.25, 0.3) is 5.91 Å². The zero-order valence-corrected chi connectivity index (χ0v) is 16.3. The fourth-order valence-corrected chi connectivity index (χ4v) is 4.94. The Morgan fingerprint density at radius 3 is 2.38 bits per heavy atom. The largest absolute Gasteiger partial charge is 0.465 e. The maximum atomic E-state index is 13.5. The van der Waals surface area contributed by atoms with E-state index in [9.17, 15) is 9.59 Å². The smallest absolute Gasteiger partial charge is 0.339 e. The lowest BCUT2D eigenvalue weighted by atomic mass is 9.71. The predicted octanol–water partition coefficient (Wildman–Crippen LogP) is 3.66. The Hall–Kier alpha value is -1.88. The number of para-hydroxylation sites is 1. The number of ether oxygens (including phenoxy) is 1. The van der Waals surface area contributed by atoms with Gasteiger partial charge in [0.1, 0.15) is 0 Å². The van der Waals surface area contributed by atoms with Crippen LogP contribution in [-0.2, 0) is 9.53 Å². The van der Waals surface area contributed by atoms with Crippen molar-refractivity contribution in [3.8, 4) is 0 Å². The Morgan fingerprint density at radius 1 is 1.15 bits per heavy atom. The zero-order valence-electron chi connectivity index (χ0n) is 16.3. The number of hydrogen-bond acceptors (Lipinski definition) is 3. The van der Waals surface area contributed by atoms with Crippen LogP contribution in [0.3, 0.4) is 0 Å². The number of anilines is 1. The van der Waals surface area contributed by atoms with Gasteiger partial charge in [0.05, 0.1) is 38.0 Å². The Labute approximate surface area is 156 Å². The zero-order chi connectivity index (χ0) is 18.8. The van der Waals surface area contributed by atoms with Crippen LogP contribution in [0.2, 0.25) is 0 Å². The van der Waals surface area contributed by atoms with Gasteiger partial charge in [-0.3, -0.25) is 4.79 Å². The number of likely N-dealkylation sites (N-methyl/N-ethyl adjacent to an activating group) is 1. The summed E-state index contributed by atoms with van der Waals surface area (Å²) in [6, 6.07) is 5.45. The van der Waals surface area contributed by atoms with E-state index in [1.165, 1.54) is 26.4 Å². The van der Waals surface area contributed by atoms with Gasteiger partial charge in [-0.15, -0.1) is 0 Å². The Kier molecular flexibility index (Phi) is 5.37. The van der Waals surface area contributed by atoms with Crippen LogP contribution >= 0.6 is 0 Å². The number of nitrogens with zero attached hydrogens (tertiary/aromatic N) is 1. The first-order valence-electron chi connectivity index (χ1n) is 9.85. The molecular weight excluding hydrogens is 328 g/mol. The number of likely N-dealkylation sites (tertiary alicyclic amines) is 1. The average molecular weight is 359 g/mol. The fraction of sp³-hybridized carbons (Fsp3) is 0.619. The molecule has 1 aliphatic carbocycles. The molecule has 1 amide bonds. The van der Waals surface area contributed by atoms with Crippen LogP contribution in [0.1, 0.15) is 61.4 Å². The number of piperidine rings is 1. The van der Waals surface area contributed by atoms with Gasteiger partial charge >= 0.3 is 5.97 Å². The third-order valence-electron chi connectivity index (χ3n) is 6.71. The molecule has 1 heterocycles. The molecule has 142 valence electrons. The van der Waals surface area contributed by atoms with Gasteiger partial charge in [0, 0.05) is 12.8 Å². The molecule has 0 unspecified atom stereocenters. The van der Waals surface area contributed by atoms with Gasteiger partial charge in [-0.1, -0.05) is 12.1 Å². The van der Waals surface area contributed by atoms with Crippen LogP contribution in [0.4, 0.5) is 5.69 Å². The van der Waals surface area contributed by atoms with Gasteiger partial charge < -0.3 is 14.5 Å². The van der Waals surface area contributed by atoms with Crippen molar-refractivity contribution in [2.75, 3.05) is 32.1 Å². The third-order valence-corrected chi connectivity index (χ3v) is 6.71. The number of carbonyl (C=O) groups is 2. The van der Waals surface area contributed by atoms with Crippen molar-refractivity contribution in [1.82, 2.24) is 0 Å². The monoisotopic (exact) mass is 359 g/mol. The van der Waals surface area contributed by atoms with Crippen molar-refractivity contribution >= 4 is 17.6 Å². The maximum Gasteiger partial charge on any atom is 0.339 e. The van der Waals surface area contributed by atoms with Crippen molar-refractivity contribution in [3.05, 3.63) is 29.3 Å². The number of nitrogens with one attached hydrogen (secondary N) is 1. The quantitative estimate of drug-likeness (QED) is 0.645. The molecule has 0 bridgehead atoms. The maximum absolute atomic E-state index is 13.5. The number of benzene rings is 1. The number of hydrogen-bond donors (Lipinski definition) is 1. The highest BCUT2D eigenvalue weighted by molar-refractivity contribution is 6.05. The Balaban J connectivity index is 1.93. The van der Waals surface area contributed by atoms with E-state index in [0.717, 1.165) is 48.9 Å². The van der Waals surface area contributed by atoms with Crippen LogP contribution in [0.5, 0.6) is 0 Å². The van der Waals surface area contributed by atoms with Crippen molar-refractivity contribution in [1.29, 1.82) is 0 Å². The van der Waals surface area contributed by atoms with E-state index in [-0.39, 0.29) is 11.4 Å². The Morgan fingerprint density at radius 2 is 1.85 bits per heavy atom. The van der Waals surface area contributed by atoms with E-state index < -0.39 is 5.97 Å². The van der Waals surface area contributed by atoms with E-state index in [0.29, 0.717) is 11.3 Å². The van der Waals surface area contributed by atoms with Crippen molar-refractivity contribution in [2.45, 2.75) is 57.9 Å². The lowest BCUT2D eigenvalue weighted by Gasteiger charge is -2.57. The number of methoxy groups -OCH3 is 1. The summed E-state index contributed by atoms with van der Waals surface area (Å²) in [5.74, 6) is -0.337. The van der Waals surface area contributed by atoms with E-state index in [1.54, 1.807) is 6.07 Å². The molecule has 3 rings (SSSR count). The van der Waals surface area contributed by atoms with Crippen LogP contribution in [-0.4, -0.2) is 48.6 Å². The molecule has 0 aromatic heterocycles. The molecule has 0 atom stereocenters.